The maximum atomic E-state index is 12.7. The van der Waals surface area contributed by atoms with Gasteiger partial charge in [-0.1, -0.05) is 12.1 Å². The van der Waals surface area contributed by atoms with E-state index in [0.717, 1.165) is 0 Å². The lowest BCUT2D eigenvalue weighted by Crippen LogP contribution is -2.35. The van der Waals surface area contributed by atoms with E-state index in [0.29, 0.717) is 41.9 Å². The van der Waals surface area contributed by atoms with Crippen LogP contribution in [0.5, 0.6) is 0 Å². The summed E-state index contributed by atoms with van der Waals surface area (Å²) in [7, 11) is 1.32. The topological polar surface area (TPSA) is 100.0 Å². The molecule has 1 aliphatic heterocycles. The van der Waals surface area contributed by atoms with Crippen LogP contribution < -0.4 is 0 Å². The Kier molecular flexibility index (Phi) is 7.05. The van der Waals surface area contributed by atoms with Gasteiger partial charge in [0.05, 0.1) is 18.4 Å². The molecule has 2 aromatic rings. The van der Waals surface area contributed by atoms with E-state index in [1.807, 2.05) is 26.8 Å². The fourth-order valence-corrected chi connectivity index (χ4v) is 3.72. The highest BCUT2D eigenvalue weighted by atomic mass is 16.6. The second-order valence-corrected chi connectivity index (χ2v) is 10.3. The number of amides is 1. The van der Waals surface area contributed by atoms with Gasteiger partial charge in [0, 0.05) is 30.8 Å². The normalized spacial score (nSPS) is 16.3. The number of rotatable bonds is 3. The highest BCUT2D eigenvalue weighted by Gasteiger charge is 2.34. The average Bonchev–Trinajstić information content (AvgIpc) is 3.38. The first-order valence-corrected chi connectivity index (χ1v) is 11.3. The Morgan fingerprint density at radius 3 is 2.26 bits per heavy atom. The fourth-order valence-electron chi connectivity index (χ4n) is 3.72. The molecule has 3 rings (SSSR count). The molecule has 0 N–H and O–H groups in total. The molecule has 0 aliphatic carbocycles. The molecule has 34 heavy (non-hydrogen) atoms. The number of carbonyl (C=O) groups excluding carboxylic acids is 3. The monoisotopic (exact) mass is 471 g/mol. The average molecular weight is 472 g/mol. The lowest BCUT2D eigenvalue weighted by molar-refractivity contribution is 0.0291. The molecule has 1 atom stereocenters. The summed E-state index contributed by atoms with van der Waals surface area (Å²) in [4.78, 5) is 39.0. The molecule has 2 heterocycles. The molecule has 0 spiro atoms. The summed E-state index contributed by atoms with van der Waals surface area (Å²) in [5.74, 6) is -0.576. The molecule has 1 aromatic heterocycles. The minimum atomic E-state index is -0.685. The van der Waals surface area contributed by atoms with Gasteiger partial charge >= 0.3 is 18.2 Å². The van der Waals surface area contributed by atoms with Gasteiger partial charge in [0.15, 0.2) is 0 Å². The van der Waals surface area contributed by atoms with Crippen LogP contribution >= 0.6 is 0 Å². The summed E-state index contributed by atoms with van der Waals surface area (Å²) in [6, 6.07) is 6.95. The number of aromatic nitrogens is 2. The van der Waals surface area contributed by atoms with Crippen molar-refractivity contribution >= 4 is 18.2 Å². The second kappa shape index (κ2) is 9.48. The van der Waals surface area contributed by atoms with Crippen LogP contribution in [0.3, 0.4) is 0 Å². The van der Waals surface area contributed by atoms with Crippen molar-refractivity contribution in [1.82, 2.24) is 14.7 Å². The molecule has 1 saturated heterocycles. The SMILES string of the molecule is COC(=O)c1cccc(-c2cn(C(=O)OC(C)(C)C)nc2C2CCN(C(=O)OC(C)(C)C)C2)c1. The first-order chi connectivity index (χ1) is 15.8. The Hall–Kier alpha value is -3.36. The van der Waals surface area contributed by atoms with Crippen molar-refractivity contribution in [3.63, 3.8) is 0 Å². The Morgan fingerprint density at radius 2 is 1.65 bits per heavy atom. The predicted molar refractivity (Wildman–Crippen MR) is 126 cm³/mol. The van der Waals surface area contributed by atoms with Crippen LogP contribution in [0.1, 0.15) is 69.9 Å². The number of esters is 1. The minimum absolute atomic E-state index is 0.118. The zero-order valence-electron chi connectivity index (χ0n) is 20.9. The van der Waals surface area contributed by atoms with Gasteiger partial charge in [-0.2, -0.15) is 9.78 Å². The maximum Gasteiger partial charge on any atom is 0.435 e. The van der Waals surface area contributed by atoms with Crippen LogP contribution in [-0.2, 0) is 14.2 Å². The van der Waals surface area contributed by atoms with Crippen LogP contribution in [0.4, 0.5) is 9.59 Å². The summed E-state index contributed by atoms with van der Waals surface area (Å²) >= 11 is 0. The minimum Gasteiger partial charge on any atom is -0.465 e. The standard InChI is InChI=1S/C25H33N3O6/c1-24(2,3)33-22(30)27-12-11-18(14-27)20-19(15-28(26-20)23(31)34-25(4,5)6)16-9-8-10-17(13-16)21(29)32-7/h8-10,13,15,18H,11-12,14H2,1-7H3. The summed E-state index contributed by atoms with van der Waals surface area (Å²) in [6.45, 7) is 11.8. The Labute approximate surface area is 200 Å². The third-order valence-corrected chi connectivity index (χ3v) is 5.14. The number of carbonyl (C=O) groups is 3. The number of benzene rings is 1. The van der Waals surface area contributed by atoms with Gasteiger partial charge < -0.3 is 19.1 Å². The van der Waals surface area contributed by atoms with Crippen LogP contribution in [0.25, 0.3) is 11.1 Å². The van der Waals surface area contributed by atoms with Gasteiger partial charge in [-0.05, 0) is 65.7 Å². The van der Waals surface area contributed by atoms with E-state index in [4.69, 9.17) is 14.2 Å². The van der Waals surface area contributed by atoms with E-state index >= 15 is 0 Å². The smallest absolute Gasteiger partial charge is 0.435 e. The molecule has 9 heteroatoms. The third kappa shape index (κ3) is 6.15. The largest absolute Gasteiger partial charge is 0.465 e. The van der Waals surface area contributed by atoms with Crippen LogP contribution in [-0.4, -0.2) is 64.2 Å². The molecular weight excluding hydrogens is 438 g/mol. The molecule has 0 saturated carbocycles. The number of likely N-dealkylation sites (tertiary alicyclic amines) is 1. The molecule has 1 aromatic carbocycles. The van der Waals surface area contributed by atoms with Gasteiger partial charge in [0.1, 0.15) is 11.2 Å². The van der Waals surface area contributed by atoms with Crippen LogP contribution in [0, 0.1) is 0 Å². The first kappa shape index (κ1) is 25.3. The van der Waals surface area contributed by atoms with Crippen LogP contribution in [0.15, 0.2) is 30.5 Å². The van der Waals surface area contributed by atoms with Gasteiger partial charge in [-0.15, -0.1) is 0 Å². The van der Waals surface area contributed by atoms with Crippen LogP contribution in [0.2, 0.25) is 0 Å². The quantitative estimate of drug-likeness (QED) is 0.466. The third-order valence-electron chi connectivity index (χ3n) is 5.14. The Balaban J connectivity index is 1.97. The lowest BCUT2D eigenvalue weighted by atomic mass is 9.96. The van der Waals surface area contributed by atoms with Crippen molar-refractivity contribution in [3.05, 3.63) is 41.7 Å². The number of hydrogen-bond acceptors (Lipinski definition) is 7. The predicted octanol–water partition coefficient (Wildman–Crippen LogP) is 4.84. The van der Waals surface area contributed by atoms with E-state index < -0.39 is 23.3 Å². The fraction of sp³-hybridized carbons (Fsp3) is 0.520. The first-order valence-electron chi connectivity index (χ1n) is 11.3. The summed E-state index contributed by atoms with van der Waals surface area (Å²) < 4.78 is 17.0. The van der Waals surface area contributed by atoms with Gasteiger partial charge in [-0.25, -0.2) is 14.4 Å². The number of ether oxygens (including phenoxy) is 3. The zero-order chi connectivity index (χ0) is 25.3. The molecule has 9 nitrogen and oxygen atoms in total. The van der Waals surface area contributed by atoms with E-state index in [2.05, 4.69) is 5.10 Å². The van der Waals surface area contributed by atoms with Gasteiger partial charge in [-0.3, -0.25) is 0 Å². The van der Waals surface area contributed by atoms with Crippen molar-refractivity contribution in [2.45, 2.75) is 65.1 Å². The molecule has 1 fully saturated rings. The van der Waals surface area contributed by atoms with Gasteiger partial charge in [0.2, 0.25) is 0 Å². The summed E-state index contributed by atoms with van der Waals surface area (Å²) in [5, 5.41) is 4.56. The Morgan fingerprint density at radius 1 is 1.00 bits per heavy atom. The Bertz CT molecular complexity index is 1080. The van der Waals surface area contributed by atoms with E-state index in [1.165, 1.54) is 11.8 Å². The van der Waals surface area contributed by atoms with E-state index in [-0.39, 0.29) is 12.0 Å². The molecule has 0 bridgehead atoms. The highest BCUT2D eigenvalue weighted by molar-refractivity contribution is 5.91. The molecule has 184 valence electrons. The zero-order valence-corrected chi connectivity index (χ0v) is 20.9. The lowest BCUT2D eigenvalue weighted by Gasteiger charge is -2.24. The van der Waals surface area contributed by atoms with Gasteiger partial charge in [0.25, 0.3) is 0 Å². The van der Waals surface area contributed by atoms with E-state index in [1.54, 1.807) is 50.1 Å². The molecule has 1 amide bonds. The van der Waals surface area contributed by atoms with Crippen molar-refractivity contribution in [1.29, 1.82) is 0 Å². The molecule has 1 unspecified atom stereocenters. The number of hydrogen-bond donors (Lipinski definition) is 0. The van der Waals surface area contributed by atoms with Crippen molar-refractivity contribution < 1.29 is 28.6 Å². The van der Waals surface area contributed by atoms with E-state index in [9.17, 15) is 14.4 Å². The second-order valence-electron chi connectivity index (χ2n) is 10.3. The molecule has 0 radical (unpaired) electrons. The summed E-state index contributed by atoms with van der Waals surface area (Å²) in [5.41, 5.74) is 1.16. The maximum absolute atomic E-state index is 12.7. The highest BCUT2D eigenvalue weighted by Crippen LogP contribution is 2.35. The molecular formula is C25H33N3O6. The van der Waals surface area contributed by atoms with Crippen molar-refractivity contribution in [2.24, 2.45) is 0 Å². The number of methoxy groups -OCH3 is 1. The summed E-state index contributed by atoms with van der Waals surface area (Å²) in [6.07, 6.45) is 1.28. The number of nitrogens with zero attached hydrogens (tertiary/aromatic N) is 3. The van der Waals surface area contributed by atoms with Crippen molar-refractivity contribution in [3.8, 4) is 11.1 Å². The molecule has 1 aliphatic rings. The van der Waals surface area contributed by atoms with Crippen molar-refractivity contribution in [2.75, 3.05) is 20.2 Å².